The van der Waals surface area contributed by atoms with Crippen molar-refractivity contribution in [3.05, 3.63) is 38.0 Å². The van der Waals surface area contributed by atoms with Crippen LogP contribution in [0.4, 0.5) is 0 Å². The van der Waals surface area contributed by atoms with Crippen LogP contribution >= 0.6 is 24.9 Å². The van der Waals surface area contributed by atoms with Crippen LogP contribution in [-0.4, -0.2) is 18.5 Å². The number of hydrogen-bond acceptors (Lipinski definition) is 0. The minimum atomic E-state index is 0. The molecule has 0 atom stereocenters. The summed E-state index contributed by atoms with van der Waals surface area (Å²) < 4.78 is 0. The molecule has 0 amide bonds. The van der Waals surface area contributed by atoms with Crippen LogP contribution in [0.25, 0.3) is 0 Å². The van der Waals surface area contributed by atoms with E-state index in [0.29, 0.717) is 0 Å². The molecule has 0 N–H and O–H groups in total. The largest absolute Gasteiger partial charge is 0.114 e. The van der Waals surface area contributed by atoms with E-state index >= 15 is 0 Å². The molecule has 0 fully saturated rings. The molecule has 0 radical (unpaired) electrons. The van der Waals surface area contributed by atoms with E-state index in [2.05, 4.69) is 19.7 Å². The lowest BCUT2D eigenvalue weighted by Crippen LogP contribution is -1.87. The quantitative estimate of drug-likeness (QED) is 0.487. The first-order valence-corrected chi connectivity index (χ1v) is 5.30. The van der Waals surface area contributed by atoms with Crippen molar-refractivity contribution in [3.8, 4) is 0 Å². The Bertz CT molecular complexity index is 97.0. The maximum Gasteiger partial charge on any atom is -0.0142 e. The molecule has 0 aromatic heterocycles. The van der Waals surface area contributed by atoms with Gasteiger partial charge in [-0.15, -0.1) is 36.7 Å². The van der Waals surface area contributed by atoms with E-state index in [4.69, 9.17) is 0 Å². The van der Waals surface area contributed by atoms with Gasteiger partial charge in [0.1, 0.15) is 0 Å². The second kappa shape index (κ2) is 10.1. The molecule has 0 saturated carbocycles. The first-order chi connectivity index (χ1) is 4.85. The minimum absolute atomic E-state index is 0. The van der Waals surface area contributed by atoms with E-state index in [1.165, 1.54) is 0 Å². The van der Waals surface area contributed by atoms with E-state index in [-0.39, 0.29) is 24.9 Å². The van der Waals surface area contributed by atoms with Gasteiger partial charge >= 0.3 is 0 Å². The average molecular weight is 235 g/mol. The number of allylic oxidation sites excluding steroid dienone is 3. The van der Waals surface area contributed by atoms with E-state index in [1.54, 1.807) is 0 Å². The highest BCUT2D eigenvalue weighted by Crippen LogP contribution is 2.34. The number of halogens is 1. The maximum absolute atomic E-state index is 3.71. The Morgan fingerprint density at radius 1 is 0.818 bits per heavy atom. The molecule has 0 rings (SSSR count). The van der Waals surface area contributed by atoms with Gasteiger partial charge in [0, 0.05) is 0 Å². The van der Waals surface area contributed by atoms with E-state index in [0.717, 1.165) is 18.5 Å². The average Bonchev–Trinajstić information content (AvgIpc) is 1.90. The predicted octanol–water partition coefficient (Wildman–Crippen LogP) is 3.60. The Morgan fingerprint density at radius 2 is 1.09 bits per heavy atom. The van der Waals surface area contributed by atoms with Gasteiger partial charge in [-0.25, -0.2) is 0 Å². The zero-order valence-corrected chi connectivity index (χ0v) is 9.44. The highest BCUT2D eigenvalue weighted by atomic mass is 79.9. The summed E-state index contributed by atoms with van der Waals surface area (Å²) in [5.41, 5.74) is 0. The number of hydrogen-bond donors (Lipinski definition) is 0. The van der Waals surface area contributed by atoms with Crippen molar-refractivity contribution in [1.82, 2.24) is 0 Å². The summed E-state index contributed by atoms with van der Waals surface area (Å²) >= 11 is 0. The van der Waals surface area contributed by atoms with Crippen LogP contribution in [0, 0.1) is 0 Å². The number of rotatable bonds is 6. The Hall–Kier alpha value is 0.130. The van der Waals surface area contributed by atoms with Gasteiger partial charge in [-0.2, -0.15) is 0 Å². The van der Waals surface area contributed by atoms with Crippen molar-refractivity contribution in [3.63, 3.8) is 0 Å². The van der Waals surface area contributed by atoms with Gasteiger partial charge in [-0.05, 0) is 18.5 Å². The lowest BCUT2D eigenvalue weighted by Gasteiger charge is -2.09. The van der Waals surface area contributed by atoms with E-state index in [9.17, 15) is 0 Å². The summed E-state index contributed by atoms with van der Waals surface area (Å²) in [7, 11) is 0.0849. The predicted molar refractivity (Wildman–Crippen MR) is 62.4 cm³/mol. The summed E-state index contributed by atoms with van der Waals surface area (Å²) in [6.07, 6.45) is 9.35. The Kier molecular flexibility index (Phi) is 12.6. The van der Waals surface area contributed by atoms with Crippen LogP contribution in [0.1, 0.15) is 0 Å². The van der Waals surface area contributed by atoms with Crippen molar-refractivity contribution < 1.29 is 0 Å². The smallest absolute Gasteiger partial charge is 0.0142 e. The Balaban J connectivity index is 0. The molecule has 11 heavy (non-hydrogen) atoms. The SMILES string of the molecule is Br.C=CCP(CC=C)CC=C. The highest BCUT2D eigenvalue weighted by Gasteiger charge is 1.98. The molecule has 2 heteroatoms. The topological polar surface area (TPSA) is 0 Å². The molecule has 0 saturated heterocycles. The van der Waals surface area contributed by atoms with Gasteiger partial charge in [0.25, 0.3) is 0 Å². The van der Waals surface area contributed by atoms with Crippen LogP contribution in [0.2, 0.25) is 0 Å². The second-order valence-electron chi connectivity index (χ2n) is 2.08. The van der Waals surface area contributed by atoms with E-state index < -0.39 is 0 Å². The lowest BCUT2D eigenvalue weighted by atomic mass is 10.7. The monoisotopic (exact) mass is 234 g/mol. The van der Waals surface area contributed by atoms with Crippen molar-refractivity contribution in [2.75, 3.05) is 18.5 Å². The zero-order chi connectivity index (χ0) is 7.82. The van der Waals surface area contributed by atoms with Gasteiger partial charge in [-0.3, -0.25) is 0 Å². The van der Waals surface area contributed by atoms with Gasteiger partial charge < -0.3 is 0 Å². The van der Waals surface area contributed by atoms with E-state index in [1.807, 2.05) is 18.2 Å². The normalized spacial score (nSPS) is 8.45. The minimum Gasteiger partial charge on any atom is -0.114 e. The molecule has 0 aromatic carbocycles. The van der Waals surface area contributed by atoms with Crippen LogP contribution in [0.3, 0.4) is 0 Å². The summed E-state index contributed by atoms with van der Waals surface area (Å²) in [5, 5.41) is 0. The zero-order valence-electron chi connectivity index (χ0n) is 6.83. The first kappa shape index (κ1) is 13.7. The molecule has 0 aliphatic heterocycles. The van der Waals surface area contributed by atoms with Crippen molar-refractivity contribution in [2.24, 2.45) is 0 Å². The molecule has 0 heterocycles. The summed E-state index contributed by atoms with van der Waals surface area (Å²) in [5.74, 6) is 0. The molecule has 0 spiro atoms. The molecule has 64 valence electrons. The third-order valence-corrected chi connectivity index (χ3v) is 3.49. The van der Waals surface area contributed by atoms with Crippen LogP contribution in [-0.2, 0) is 0 Å². The van der Waals surface area contributed by atoms with Gasteiger partial charge in [0.05, 0.1) is 0 Å². The third kappa shape index (κ3) is 8.03. The summed E-state index contributed by atoms with van der Waals surface area (Å²) in [6, 6.07) is 0. The Morgan fingerprint density at radius 3 is 1.27 bits per heavy atom. The fraction of sp³-hybridized carbons (Fsp3) is 0.333. The summed E-state index contributed by atoms with van der Waals surface area (Å²) in [6.45, 7) is 11.1. The molecule has 0 aromatic rings. The van der Waals surface area contributed by atoms with Gasteiger partial charge in [-0.1, -0.05) is 26.1 Å². The van der Waals surface area contributed by atoms with Crippen LogP contribution in [0.15, 0.2) is 38.0 Å². The first-order valence-electron chi connectivity index (χ1n) is 3.40. The fourth-order valence-corrected chi connectivity index (χ4v) is 2.31. The van der Waals surface area contributed by atoms with Crippen molar-refractivity contribution in [2.45, 2.75) is 0 Å². The lowest BCUT2D eigenvalue weighted by molar-refractivity contribution is 1.59. The Labute approximate surface area is 81.6 Å². The van der Waals surface area contributed by atoms with Gasteiger partial charge in [0.2, 0.25) is 0 Å². The fourth-order valence-electron chi connectivity index (χ4n) is 0.771. The standard InChI is InChI=1S/C9H15P.BrH/c1-4-7-10(8-5-2)9-6-3;/h4-6H,1-3,7-9H2;1H. The second-order valence-corrected chi connectivity index (χ2v) is 4.52. The third-order valence-electron chi connectivity index (χ3n) is 1.16. The molecule has 0 aliphatic rings. The van der Waals surface area contributed by atoms with Gasteiger partial charge in [0.15, 0.2) is 0 Å². The van der Waals surface area contributed by atoms with Crippen molar-refractivity contribution in [1.29, 1.82) is 0 Å². The molecule has 0 nitrogen and oxygen atoms in total. The molecule has 0 unspecified atom stereocenters. The highest BCUT2D eigenvalue weighted by molar-refractivity contribution is 8.93. The molecular formula is C9H16BrP. The van der Waals surface area contributed by atoms with Crippen LogP contribution < -0.4 is 0 Å². The van der Waals surface area contributed by atoms with Crippen LogP contribution in [0.5, 0.6) is 0 Å². The van der Waals surface area contributed by atoms with Crippen molar-refractivity contribution >= 4 is 24.9 Å². The maximum atomic E-state index is 3.71. The molecule has 0 aliphatic carbocycles. The molecular weight excluding hydrogens is 219 g/mol. The molecule has 0 bridgehead atoms. The summed E-state index contributed by atoms with van der Waals surface area (Å²) in [4.78, 5) is 0.